The maximum atomic E-state index is 11.8. The van der Waals surface area contributed by atoms with Crippen LogP contribution >= 0.6 is 11.3 Å². The average molecular weight is 380 g/mol. The molecule has 1 N–H and O–H groups in total. The van der Waals surface area contributed by atoms with Gasteiger partial charge in [0.15, 0.2) is 0 Å². The van der Waals surface area contributed by atoms with Crippen molar-refractivity contribution in [2.75, 3.05) is 19.6 Å². The maximum Gasteiger partial charge on any atom is 0.323 e. The van der Waals surface area contributed by atoms with E-state index in [9.17, 15) is 9.59 Å². The molecule has 7 heteroatoms. The molecule has 1 aliphatic carbocycles. The van der Waals surface area contributed by atoms with E-state index in [0.717, 1.165) is 44.6 Å². The highest BCUT2D eigenvalue weighted by molar-refractivity contribution is 7.09. The van der Waals surface area contributed by atoms with Crippen molar-refractivity contribution in [1.29, 1.82) is 0 Å². The van der Waals surface area contributed by atoms with Gasteiger partial charge in [0.25, 0.3) is 0 Å². The van der Waals surface area contributed by atoms with E-state index in [0.29, 0.717) is 5.92 Å². The summed E-state index contributed by atoms with van der Waals surface area (Å²) in [4.78, 5) is 31.7. The number of likely N-dealkylation sites (tertiary alicyclic amines) is 1. The molecule has 1 unspecified atom stereocenters. The fourth-order valence-electron chi connectivity index (χ4n) is 4.24. The van der Waals surface area contributed by atoms with E-state index in [-0.39, 0.29) is 18.5 Å². The summed E-state index contributed by atoms with van der Waals surface area (Å²) in [7, 11) is 0. The fraction of sp³-hybridized carbons (Fsp3) is 0.737. The number of nitrogens with zero attached hydrogens (tertiary/aromatic N) is 3. The Hall–Kier alpha value is -1.47. The Bertz CT molecular complexity index is 627. The molecular weight excluding hydrogens is 350 g/mol. The number of carbonyl (C=O) groups excluding carboxylic acids is 1. The van der Waals surface area contributed by atoms with Gasteiger partial charge in [0.2, 0.25) is 5.91 Å². The first-order valence-corrected chi connectivity index (χ1v) is 10.6. The summed E-state index contributed by atoms with van der Waals surface area (Å²) in [6.45, 7) is 3.98. The summed E-state index contributed by atoms with van der Waals surface area (Å²) < 4.78 is 0. The van der Waals surface area contributed by atoms with Gasteiger partial charge in [-0.05, 0) is 38.6 Å². The summed E-state index contributed by atoms with van der Waals surface area (Å²) in [5.41, 5.74) is 1.16. The Morgan fingerprint density at radius 2 is 2.00 bits per heavy atom. The normalized spacial score (nSPS) is 22.3. The van der Waals surface area contributed by atoms with Gasteiger partial charge < -0.3 is 10.0 Å². The van der Waals surface area contributed by atoms with E-state index in [2.05, 4.69) is 10.3 Å². The minimum Gasteiger partial charge on any atom is -0.480 e. The van der Waals surface area contributed by atoms with E-state index >= 15 is 0 Å². The van der Waals surface area contributed by atoms with Crippen molar-refractivity contribution in [2.24, 2.45) is 0 Å². The molecule has 0 radical (unpaired) electrons. The highest BCUT2D eigenvalue weighted by Crippen LogP contribution is 2.35. The van der Waals surface area contributed by atoms with Crippen LogP contribution in [0.2, 0.25) is 0 Å². The van der Waals surface area contributed by atoms with Crippen LogP contribution in [0.1, 0.15) is 68.5 Å². The predicted octanol–water partition coefficient (Wildman–Crippen LogP) is 3.09. The number of carboxylic acids is 1. The molecule has 1 atom stereocenters. The van der Waals surface area contributed by atoms with Crippen molar-refractivity contribution in [3.05, 3.63) is 16.1 Å². The molecule has 0 spiro atoms. The molecule has 1 aromatic heterocycles. The van der Waals surface area contributed by atoms with Crippen molar-refractivity contribution in [3.8, 4) is 0 Å². The molecule has 1 aromatic rings. The third-order valence-corrected chi connectivity index (χ3v) is 6.66. The van der Waals surface area contributed by atoms with Gasteiger partial charge in [-0.1, -0.05) is 12.8 Å². The van der Waals surface area contributed by atoms with Gasteiger partial charge in [0.1, 0.15) is 6.54 Å². The zero-order valence-electron chi connectivity index (χ0n) is 15.5. The molecule has 144 valence electrons. The van der Waals surface area contributed by atoms with Gasteiger partial charge in [0.05, 0.1) is 10.7 Å². The third kappa shape index (κ3) is 5.04. The first-order chi connectivity index (χ1) is 12.5. The van der Waals surface area contributed by atoms with Crippen LogP contribution in [0.25, 0.3) is 0 Å². The van der Waals surface area contributed by atoms with Gasteiger partial charge in [0, 0.05) is 37.4 Å². The highest BCUT2D eigenvalue weighted by Gasteiger charge is 2.26. The van der Waals surface area contributed by atoms with Crippen LogP contribution in [-0.2, 0) is 16.1 Å². The number of aliphatic carboxylic acids is 1. The van der Waals surface area contributed by atoms with Crippen LogP contribution in [0, 0.1) is 0 Å². The number of hydrogen-bond acceptors (Lipinski definition) is 5. The zero-order valence-corrected chi connectivity index (χ0v) is 16.3. The number of carboxylic acid groups (broad SMARTS) is 1. The molecule has 1 saturated carbocycles. The lowest BCUT2D eigenvalue weighted by Crippen LogP contribution is -2.42. The molecule has 2 heterocycles. The lowest BCUT2D eigenvalue weighted by molar-refractivity contribution is -0.145. The smallest absolute Gasteiger partial charge is 0.323 e. The zero-order chi connectivity index (χ0) is 18.5. The molecule has 0 aromatic carbocycles. The van der Waals surface area contributed by atoms with Crippen LogP contribution < -0.4 is 0 Å². The Morgan fingerprint density at radius 3 is 2.69 bits per heavy atom. The highest BCUT2D eigenvalue weighted by atomic mass is 32.1. The number of aromatic nitrogens is 1. The first-order valence-electron chi connectivity index (χ1n) is 9.68. The lowest BCUT2D eigenvalue weighted by Gasteiger charge is -2.28. The van der Waals surface area contributed by atoms with E-state index in [1.54, 1.807) is 11.3 Å². The Morgan fingerprint density at radius 1 is 1.23 bits per heavy atom. The van der Waals surface area contributed by atoms with Crippen molar-refractivity contribution in [3.63, 3.8) is 0 Å². The number of rotatable bonds is 6. The summed E-state index contributed by atoms with van der Waals surface area (Å²) in [5.74, 6) is -0.419. The summed E-state index contributed by atoms with van der Waals surface area (Å²) >= 11 is 1.80. The monoisotopic (exact) mass is 379 g/mol. The molecule has 0 bridgehead atoms. The Kier molecular flexibility index (Phi) is 6.64. The Labute approximate surface area is 159 Å². The molecule has 2 aliphatic rings. The minimum absolute atomic E-state index is 0.0260. The predicted molar refractivity (Wildman–Crippen MR) is 101 cm³/mol. The van der Waals surface area contributed by atoms with Gasteiger partial charge in [-0.25, -0.2) is 4.98 Å². The van der Waals surface area contributed by atoms with E-state index < -0.39 is 5.97 Å². The number of amides is 1. The van der Waals surface area contributed by atoms with Gasteiger partial charge in [-0.3, -0.25) is 14.5 Å². The molecule has 2 fully saturated rings. The van der Waals surface area contributed by atoms with Crippen molar-refractivity contribution < 1.29 is 14.7 Å². The summed E-state index contributed by atoms with van der Waals surface area (Å²) in [6, 6.07) is 0.0260. The topological polar surface area (TPSA) is 73.7 Å². The average Bonchev–Trinajstić information content (AvgIpc) is 3.21. The van der Waals surface area contributed by atoms with Crippen LogP contribution in [0.4, 0.5) is 0 Å². The second-order valence-electron chi connectivity index (χ2n) is 7.56. The second-order valence-corrected chi connectivity index (χ2v) is 8.45. The molecular formula is C19H29N3O3S. The quantitative estimate of drug-likeness (QED) is 0.822. The fourth-order valence-corrected chi connectivity index (χ4v) is 5.22. The van der Waals surface area contributed by atoms with E-state index in [1.807, 2.05) is 0 Å². The number of hydrogen-bond donors (Lipinski definition) is 1. The third-order valence-electron chi connectivity index (χ3n) is 5.60. The van der Waals surface area contributed by atoms with Crippen LogP contribution in [0.3, 0.4) is 0 Å². The summed E-state index contributed by atoms with van der Waals surface area (Å²) in [6.07, 6.45) is 7.89. The lowest BCUT2D eigenvalue weighted by atomic mass is 10.1. The molecule has 1 amide bonds. The van der Waals surface area contributed by atoms with E-state index in [1.165, 1.54) is 42.5 Å². The standard InChI is InChI=1S/C19H29N3O3S/c1-14(23)22(12-18(24)25)17-7-4-9-21(10-8-17)11-16-13-26-19(20-16)15-5-2-3-6-15/h13,15,17H,2-12H2,1H3,(H,24,25). The number of carbonyl (C=O) groups is 2. The van der Waals surface area contributed by atoms with Crippen LogP contribution in [0.15, 0.2) is 5.38 Å². The molecule has 1 saturated heterocycles. The molecule has 3 rings (SSSR count). The summed E-state index contributed by atoms with van der Waals surface area (Å²) in [5, 5.41) is 12.6. The van der Waals surface area contributed by atoms with Gasteiger partial charge in [-0.2, -0.15) is 0 Å². The van der Waals surface area contributed by atoms with Crippen LogP contribution in [-0.4, -0.2) is 57.4 Å². The second kappa shape index (κ2) is 8.95. The first kappa shape index (κ1) is 19.3. The largest absolute Gasteiger partial charge is 0.480 e. The van der Waals surface area contributed by atoms with Crippen molar-refractivity contribution in [1.82, 2.24) is 14.8 Å². The SMILES string of the molecule is CC(=O)N(CC(=O)O)C1CCCN(Cc2csc(C3CCCC3)n2)CC1. The maximum absolute atomic E-state index is 11.8. The molecule has 6 nitrogen and oxygen atoms in total. The molecule has 26 heavy (non-hydrogen) atoms. The van der Waals surface area contributed by atoms with Gasteiger partial charge in [-0.15, -0.1) is 11.3 Å². The minimum atomic E-state index is -0.941. The van der Waals surface area contributed by atoms with Crippen LogP contribution in [0.5, 0.6) is 0 Å². The Balaban J connectivity index is 1.55. The van der Waals surface area contributed by atoms with Crippen molar-refractivity contribution >= 4 is 23.2 Å². The van der Waals surface area contributed by atoms with Gasteiger partial charge >= 0.3 is 5.97 Å². The van der Waals surface area contributed by atoms with Crippen molar-refractivity contribution in [2.45, 2.75) is 70.4 Å². The van der Waals surface area contributed by atoms with E-state index in [4.69, 9.17) is 10.1 Å². The number of thiazole rings is 1. The molecule has 1 aliphatic heterocycles.